The summed E-state index contributed by atoms with van der Waals surface area (Å²) in [5.41, 5.74) is -0.902. The zero-order valence-corrected chi connectivity index (χ0v) is 11.7. The van der Waals surface area contributed by atoms with E-state index in [9.17, 15) is 15.0 Å². The second-order valence-electron chi connectivity index (χ2n) is 6.79. The number of aliphatic hydroxyl groups is 2. The topological polar surface area (TPSA) is 77.8 Å². The third kappa shape index (κ3) is 2.32. The summed E-state index contributed by atoms with van der Waals surface area (Å²) in [6.45, 7) is 7.50. The van der Waals surface area contributed by atoms with Crippen molar-refractivity contribution in [3.05, 3.63) is 12.2 Å². The molecule has 0 radical (unpaired) electrons. The van der Waals surface area contributed by atoms with Crippen LogP contribution in [0.5, 0.6) is 0 Å². The predicted molar refractivity (Wildman–Crippen MR) is 71.6 cm³/mol. The highest BCUT2D eigenvalue weighted by molar-refractivity contribution is 5.86. The molecule has 4 nitrogen and oxygen atoms in total. The monoisotopic (exact) mass is 268 g/mol. The molecule has 0 saturated heterocycles. The zero-order chi connectivity index (χ0) is 14.4. The lowest BCUT2D eigenvalue weighted by Crippen LogP contribution is -2.58. The van der Waals surface area contributed by atoms with E-state index in [4.69, 9.17) is 5.11 Å². The third-order valence-corrected chi connectivity index (χ3v) is 5.56. The zero-order valence-electron chi connectivity index (χ0n) is 11.7. The summed E-state index contributed by atoms with van der Waals surface area (Å²) in [7, 11) is 0. The first-order valence-corrected chi connectivity index (χ1v) is 7.01. The first-order chi connectivity index (χ1) is 8.68. The van der Waals surface area contributed by atoms with Gasteiger partial charge in [0.25, 0.3) is 0 Å². The first-order valence-electron chi connectivity index (χ1n) is 7.01. The SMILES string of the molecule is C=C(C(=O)O)[C@@H]1CC[C@@]2(C)CC[C@@H](O)[C@](C)(O)[C@@H]2C1. The number of carboxylic acid groups (broad SMARTS) is 1. The Morgan fingerprint density at radius 3 is 2.42 bits per heavy atom. The number of hydrogen-bond acceptors (Lipinski definition) is 3. The number of carbonyl (C=O) groups is 1. The van der Waals surface area contributed by atoms with Crippen LogP contribution in [0.1, 0.15) is 46.0 Å². The second kappa shape index (κ2) is 4.60. The van der Waals surface area contributed by atoms with E-state index >= 15 is 0 Å². The highest BCUT2D eigenvalue weighted by Gasteiger charge is 2.55. The van der Waals surface area contributed by atoms with Gasteiger partial charge in [0.15, 0.2) is 0 Å². The molecule has 4 heteroatoms. The fourth-order valence-corrected chi connectivity index (χ4v) is 4.09. The van der Waals surface area contributed by atoms with Gasteiger partial charge in [0, 0.05) is 5.57 Å². The van der Waals surface area contributed by atoms with Gasteiger partial charge in [-0.15, -0.1) is 0 Å². The van der Waals surface area contributed by atoms with E-state index in [1.165, 1.54) is 0 Å². The van der Waals surface area contributed by atoms with Gasteiger partial charge in [-0.05, 0) is 56.3 Å². The number of aliphatic carboxylic acids is 1. The smallest absolute Gasteiger partial charge is 0.331 e. The maximum absolute atomic E-state index is 11.1. The predicted octanol–water partition coefficient (Wildman–Crippen LogP) is 1.96. The lowest BCUT2D eigenvalue weighted by atomic mass is 9.52. The molecule has 0 aliphatic heterocycles. The highest BCUT2D eigenvalue weighted by atomic mass is 16.4. The van der Waals surface area contributed by atoms with Crippen molar-refractivity contribution in [2.75, 3.05) is 0 Å². The average molecular weight is 268 g/mol. The molecule has 0 unspecified atom stereocenters. The third-order valence-electron chi connectivity index (χ3n) is 5.56. The first kappa shape index (κ1) is 14.5. The van der Waals surface area contributed by atoms with Crippen LogP contribution < -0.4 is 0 Å². The van der Waals surface area contributed by atoms with E-state index in [0.717, 1.165) is 19.3 Å². The largest absolute Gasteiger partial charge is 0.478 e. The van der Waals surface area contributed by atoms with Crippen molar-refractivity contribution in [1.82, 2.24) is 0 Å². The number of fused-ring (bicyclic) bond motifs is 1. The van der Waals surface area contributed by atoms with Gasteiger partial charge in [-0.25, -0.2) is 4.79 Å². The van der Waals surface area contributed by atoms with Crippen LogP contribution >= 0.6 is 0 Å². The molecule has 108 valence electrons. The van der Waals surface area contributed by atoms with E-state index in [-0.39, 0.29) is 22.8 Å². The Labute approximate surface area is 114 Å². The molecule has 0 aromatic heterocycles. The molecule has 0 amide bonds. The van der Waals surface area contributed by atoms with E-state index in [2.05, 4.69) is 13.5 Å². The highest BCUT2D eigenvalue weighted by Crippen LogP contribution is 2.56. The molecule has 19 heavy (non-hydrogen) atoms. The van der Waals surface area contributed by atoms with Gasteiger partial charge in [0.05, 0.1) is 11.7 Å². The van der Waals surface area contributed by atoms with Crippen LogP contribution in [-0.4, -0.2) is 33.0 Å². The number of carboxylic acids is 1. The van der Waals surface area contributed by atoms with E-state index in [1.54, 1.807) is 6.92 Å². The summed E-state index contributed by atoms with van der Waals surface area (Å²) >= 11 is 0. The Bertz CT molecular complexity index is 396. The van der Waals surface area contributed by atoms with Gasteiger partial charge < -0.3 is 15.3 Å². The standard InChI is InChI=1S/C15H24O4/c1-9(13(17)18)10-4-6-14(2)7-5-12(16)15(3,19)11(14)8-10/h10-12,16,19H,1,4-8H2,2-3H3,(H,17,18)/t10-,11-,12-,14+,15-/m1/s1. The Morgan fingerprint density at radius 2 is 1.84 bits per heavy atom. The molecule has 0 heterocycles. The molecule has 2 fully saturated rings. The second-order valence-corrected chi connectivity index (χ2v) is 6.79. The van der Waals surface area contributed by atoms with Crippen molar-refractivity contribution in [2.24, 2.45) is 17.3 Å². The van der Waals surface area contributed by atoms with Crippen LogP contribution in [0.15, 0.2) is 12.2 Å². The van der Waals surface area contributed by atoms with E-state index < -0.39 is 17.7 Å². The van der Waals surface area contributed by atoms with Crippen LogP contribution in [0.25, 0.3) is 0 Å². The normalized spacial score (nSPS) is 46.4. The Hall–Kier alpha value is -0.870. The minimum Gasteiger partial charge on any atom is -0.478 e. The van der Waals surface area contributed by atoms with Gasteiger partial charge >= 0.3 is 5.97 Å². The minimum atomic E-state index is -1.13. The number of rotatable bonds is 2. The lowest BCUT2D eigenvalue weighted by molar-refractivity contribution is -0.183. The Morgan fingerprint density at radius 1 is 1.26 bits per heavy atom. The van der Waals surface area contributed by atoms with Gasteiger partial charge in [-0.1, -0.05) is 13.5 Å². The number of aliphatic hydroxyl groups excluding tert-OH is 1. The van der Waals surface area contributed by atoms with Crippen LogP contribution in [0.2, 0.25) is 0 Å². The Balaban J connectivity index is 2.24. The molecular formula is C15H24O4. The lowest BCUT2D eigenvalue weighted by Gasteiger charge is -2.55. The molecule has 0 aromatic carbocycles. The summed E-state index contributed by atoms with van der Waals surface area (Å²) in [6, 6.07) is 0. The summed E-state index contributed by atoms with van der Waals surface area (Å²) in [6.07, 6.45) is 3.08. The minimum absolute atomic E-state index is 0.00197. The van der Waals surface area contributed by atoms with Crippen LogP contribution in [0, 0.1) is 17.3 Å². The van der Waals surface area contributed by atoms with E-state index in [1.807, 2.05) is 0 Å². The van der Waals surface area contributed by atoms with Crippen molar-refractivity contribution in [3.8, 4) is 0 Å². The van der Waals surface area contributed by atoms with Crippen molar-refractivity contribution in [2.45, 2.75) is 57.7 Å². The molecule has 2 aliphatic rings. The number of hydrogen-bond donors (Lipinski definition) is 3. The fraction of sp³-hybridized carbons (Fsp3) is 0.800. The maximum Gasteiger partial charge on any atom is 0.331 e. The molecule has 0 aromatic rings. The fourth-order valence-electron chi connectivity index (χ4n) is 4.09. The van der Waals surface area contributed by atoms with E-state index in [0.29, 0.717) is 12.8 Å². The molecule has 0 bridgehead atoms. The van der Waals surface area contributed by atoms with Crippen molar-refractivity contribution >= 4 is 5.97 Å². The maximum atomic E-state index is 11.1. The van der Waals surface area contributed by atoms with Crippen molar-refractivity contribution in [1.29, 1.82) is 0 Å². The van der Waals surface area contributed by atoms with Crippen LogP contribution in [-0.2, 0) is 4.79 Å². The van der Waals surface area contributed by atoms with Gasteiger partial charge in [0.1, 0.15) is 0 Å². The van der Waals surface area contributed by atoms with Crippen LogP contribution in [0.4, 0.5) is 0 Å². The molecule has 5 atom stereocenters. The van der Waals surface area contributed by atoms with Crippen molar-refractivity contribution < 1.29 is 20.1 Å². The summed E-state index contributed by atoms with van der Waals surface area (Å²) in [5.74, 6) is -1.12. The average Bonchev–Trinajstić information content (AvgIpc) is 2.34. The quantitative estimate of drug-likeness (QED) is 0.669. The van der Waals surface area contributed by atoms with Crippen molar-refractivity contribution in [3.63, 3.8) is 0 Å². The molecule has 2 rings (SSSR count). The van der Waals surface area contributed by atoms with Gasteiger partial charge in [0.2, 0.25) is 0 Å². The summed E-state index contributed by atoms with van der Waals surface area (Å²) in [5, 5.41) is 29.7. The molecule has 0 spiro atoms. The molecule has 3 N–H and O–H groups in total. The summed E-state index contributed by atoms with van der Waals surface area (Å²) < 4.78 is 0. The molecule has 2 saturated carbocycles. The van der Waals surface area contributed by atoms with Gasteiger partial charge in [-0.2, -0.15) is 0 Å². The van der Waals surface area contributed by atoms with Crippen LogP contribution in [0.3, 0.4) is 0 Å². The summed E-state index contributed by atoms with van der Waals surface area (Å²) in [4.78, 5) is 11.1. The molecule has 2 aliphatic carbocycles. The molecular weight excluding hydrogens is 244 g/mol. The van der Waals surface area contributed by atoms with Gasteiger partial charge in [-0.3, -0.25) is 0 Å². The Kier molecular flexibility index (Phi) is 3.52.